The number of nitrogens with zero attached hydrogens (tertiary/aromatic N) is 1. The van der Waals surface area contributed by atoms with Crippen molar-refractivity contribution in [1.82, 2.24) is 16.1 Å². The molecule has 202 valence electrons. The average Bonchev–Trinajstić information content (AvgIpc) is 2.86. The van der Waals surface area contributed by atoms with Gasteiger partial charge in [0.2, 0.25) is 0 Å². The Labute approximate surface area is 222 Å². The van der Waals surface area contributed by atoms with E-state index < -0.39 is 23.9 Å². The zero-order chi connectivity index (χ0) is 27.9. The normalized spacial score (nSPS) is 15.5. The number of allylic oxidation sites excluding steroid dienone is 1. The van der Waals surface area contributed by atoms with Gasteiger partial charge in [0, 0.05) is 5.70 Å². The van der Waals surface area contributed by atoms with Gasteiger partial charge in [-0.15, -0.1) is 0 Å². The Hall–Kier alpha value is -4.34. The third-order valence-corrected chi connectivity index (χ3v) is 5.82. The topological polar surface area (TPSA) is 127 Å². The number of benzene rings is 2. The van der Waals surface area contributed by atoms with Gasteiger partial charge >= 0.3 is 12.0 Å². The van der Waals surface area contributed by atoms with Gasteiger partial charge in [0.1, 0.15) is 0 Å². The zero-order valence-electron chi connectivity index (χ0n) is 22.5. The molecule has 2 aromatic carbocycles. The molecule has 0 saturated heterocycles. The van der Waals surface area contributed by atoms with Crippen LogP contribution in [0.3, 0.4) is 0 Å². The molecule has 1 atom stereocenters. The lowest BCUT2D eigenvalue weighted by Crippen LogP contribution is -2.45. The lowest BCUT2D eigenvalue weighted by Gasteiger charge is -2.28. The van der Waals surface area contributed by atoms with E-state index in [1.807, 2.05) is 24.3 Å². The molecule has 3 N–H and O–H groups in total. The van der Waals surface area contributed by atoms with E-state index in [-0.39, 0.29) is 24.2 Å². The number of methoxy groups -OCH3 is 1. The van der Waals surface area contributed by atoms with Gasteiger partial charge in [-0.1, -0.05) is 51.1 Å². The van der Waals surface area contributed by atoms with Crippen LogP contribution in [0.15, 0.2) is 58.8 Å². The summed E-state index contributed by atoms with van der Waals surface area (Å²) in [6.07, 6.45) is 1.56. The first-order valence-electron chi connectivity index (χ1n) is 12.2. The average molecular weight is 523 g/mol. The van der Waals surface area contributed by atoms with Gasteiger partial charge in [-0.25, -0.2) is 15.0 Å². The second-order valence-corrected chi connectivity index (χ2v) is 9.65. The van der Waals surface area contributed by atoms with Crippen molar-refractivity contribution in [2.24, 2.45) is 5.10 Å². The predicted molar refractivity (Wildman–Crippen MR) is 143 cm³/mol. The minimum absolute atomic E-state index is 0.0564. The molecule has 10 nitrogen and oxygen atoms in total. The van der Waals surface area contributed by atoms with Crippen molar-refractivity contribution in [1.29, 1.82) is 0 Å². The predicted octanol–water partition coefficient (Wildman–Crippen LogP) is 3.71. The van der Waals surface area contributed by atoms with Gasteiger partial charge in [0.05, 0.1) is 31.5 Å². The highest BCUT2D eigenvalue weighted by Crippen LogP contribution is 2.34. The highest BCUT2D eigenvalue weighted by atomic mass is 16.5. The van der Waals surface area contributed by atoms with Gasteiger partial charge in [0.25, 0.3) is 5.91 Å². The van der Waals surface area contributed by atoms with Crippen LogP contribution in [0.2, 0.25) is 0 Å². The fraction of sp³-hybridized carbons (Fsp3) is 0.357. The number of ether oxygens (including phenoxy) is 3. The lowest BCUT2D eigenvalue weighted by atomic mass is 9.87. The number of hydrazone groups is 1. The molecule has 0 saturated carbocycles. The molecule has 0 spiro atoms. The standard InChI is InChI=1S/C28H34N4O6/c1-7-37-26(34)24-17(2)30-27(35)31-25(24)19-10-13-21(22(14-19)36-6)38-16-23(33)32-29-15-18-8-11-20(12-9-18)28(3,4)5/h8-15,25H,7,16H2,1-6H3,(H,32,33)(H2,30,31,35)/b29-15-/t25-/m0/s1. The Balaban J connectivity index is 1.65. The van der Waals surface area contributed by atoms with Crippen LogP contribution in [0.1, 0.15) is 57.4 Å². The molecular formula is C28H34N4O6. The molecule has 1 aliphatic rings. The van der Waals surface area contributed by atoms with Crippen molar-refractivity contribution in [3.8, 4) is 11.5 Å². The molecule has 1 heterocycles. The second kappa shape index (κ2) is 12.3. The third-order valence-electron chi connectivity index (χ3n) is 5.82. The monoisotopic (exact) mass is 522 g/mol. The smallest absolute Gasteiger partial charge is 0.338 e. The van der Waals surface area contributed by atoms with Crippen LogP contribution in [0, 0.1) is 0 Å². The summed E-state index contributed by atoms with van der Waals surface area (Å²) < 4.78 is 16.2. The molecule has 2 aromatic rings. The Bertz CT molecular complexity index is 1240. The van der Waals surface area contributed by atoms with Crippen LogP contribution < -0.4 is 25.5 Å². The largest absolute Gasteiger partial charge is 0.493 e. The number of urea groups is 1. The number of rotatable bonds is 9. The molecule has 10 heteroatoms. The first-order valence-corrected chi connectivity index (χ1v) is 12.2. The third kappa shape index (κ3) is 7.12. The van der Waals surface area contributed by atoms with Crippen LogP contribution in [-0.4, -0.2) is 44.4 Å². The highest BCUT2D eigenvalue weighted by molar-refractivity contribution is 5.95. The molecule has 0 fully saturated rings. The fourth-order valence-corrected chi connectivity index (χ4v) is 3.83. The first kappa shape index (κ1) is 28.2. The molecule has 38 heavy (non-hydrogen) atoms. The maximum absolute atomic E-state index is 12.5. The van der Waals surface area contributed by atoms with Crippen molar-refractivity contribution in [3.63, 3.8) is 0 Å². The molecular weight excluding hydrogens is 488 g/mol. The van der Waals surface area contributed by atoms with E-state index in [1.54, 1.807) is 38.3 Å². The maximum atomic E-state index is 12.5. The first-order chi connectivity index (χ1) is 18.0. The molecule has 0 unspecified atom stereocenters. The summed E-state index contributed by atoms with van der Waals surface area (Å²) in [7, 11) is 1.45. The van der Waals surface area contributed by atoms with Crippen molar-refractivity contribution in [3.05, 3.63) is 70.4 Å². The van der Waals surface area contributed by atoms with Crippen LogP contribution in [0.25, 0.3) is 0 Å². The van der Waals surface area contributed by atoms with Gasteiger partial charge in [-0.3, -0.25) is 4.79 Å². The van der Waals surface area contributed by atoms with E-state index >= 15 is 0 Å². The highest BCUT2D eigenvalue weighted by Gasteiger charge is 2.32. The van der Waals surface area contributed by atoms with Crippen LogP contribution in [0.5, 0.6) is 11.5 Å². The second-order valence-electron chi connectivity index (χ2n) is 9.65. The number of hydrogen-bond acceptors (Lipinski definition) is 7. The minimum Gasteiger partial charge on any atom is -0.493 e. The van der Waals surface area contributed by atoms with Crippen LogP contribution in [0.4, 0.5) is 4.79 Å². The van der Waals surface area contributed by atoms with Gasteiger partial charge < -0.3 is 24.8 Å². The summed E-state index contributed by atoms with van der Waals surface area (Å²) in [6, 6.07) is 11.7. The SMILES string of the molecule is CCOC(=O)C1=C(C)NC(=O)N[C@H]1c1ccc(OCC(=O)N/N=C\c2ccc(C(C)(C)C)cc2)c(OC)c1. The number of esters is 1. The molecule has 0 aliphatic carbocycles. The van der Waals surface area contributed by atoms with Gasteiger partial charge in [0.15, 0.2) is 18.1 Å². The van der Waals surface area contributed by atoms with Crippen molar-refractivity contribution < 1.29 is 28.6 Å². The maximum Gasteiger partial charge on any atom is 0.338 e. The molecule has 0 aromatic heterocycles. The number of hydrogen-bond donors (Lipinski definition) is 3. The lowest BCUT2D eigenvalue weighted by molar-refractivity contribution is -0.139. The summed E-state index contributed by atoms with van der Waals surface area (Å²) in [6.45, 7) is 9.66. The van der Waals surface area contributed by atoms with Crippen LogP contribution >= 0.6 is 0 Å². The summed E-state index contributed by atoms with van der Waals surface area (Å²) in [4.78, 5) is 36.9. The fourth-order valence-electron chi connectivity index (χ4n) is 3.83. The summed E-state index contributed by atoms with van der Waals surface area (Å²) in [5.41, 5.74) is 5.82. The van der Waals surface area contributed by atoms with E-state index in [0.29, 0.717) is 22.8 Å². The molecule has 1 aliphatic heterocycles. The van der Waals surface area contributed by atoms with E-state index in [1.165, 1.54) is 12.7 Å². The Kier molecular flexibility index (Phi) is 9.11. The molecule has 0 bridgehead atoms. The van der Waals surface area contributed by atoms with Crippen molar-refractivity contribution in [2.75, 3.05) is 20.3 Å². The Morgan fingerprint density at radius 2 is 1.82 bits per heavy atom. The molecule has 3 amide bonds. The van der Waals surface area contributed by atoms with E-state index in [0.717, 1.165) is 5.56 Å². The number of carbonyl (C=O) groups is 3. The quantitative estimate of drug-likeness (QED) is 0.262. The Morgan fingerprint density at radius 1 is 1.11 bits per heavy atom. The van der Waals surface area contributed by atoms with Crippen molar-refractivity contribution in [2.45, 2.75) is 46.1 Å². The van der Waals surface area contributed by atoms with E-state index in [4.69, 9.17) is 14.2 Å². The number of amides is 3. The van der Waals surface area contributed by atoms with Gasteiger partial charge in [-0.05, 0) is 48.1 Å². The number of nitrogens with one attached hydrogen (secondary N) is 3. The summed E-state index contributed by atoms with van der Waals surface area (Å²) >= 11 is 0. The van der Waals surface area contributed by atoms with Crippen LogP contribution in [-0.2, 0) is 19.7 Å². The van der Waals surface area contributed by atoms with Crippen molar-refractivity contribution >= 4 is 24.1 Å². The minimum atomic E-state index is -0.749. The van der Waals surface area contributed by atoms with Gasteiger partial charge in [-0.2, -0.15) is 5.10 Å². The zero-order valence-corrected chi connectivity index (χ0v) is 22.5. The molecule has 3 rings (SSSR count). The summed E-state index contributed by atoms with van der Waals surface area (Å²) in [5, 5.41) is 9.32. The van der Waals surface area contributed by atoms with E-state index in [9.17, 15) is 14.4 Å². The Morgan fingerprint density at radius 3 is 2.45 bits per heavy atom. The molecule has 0 radical (unpaired) electrons. The summed E-state index contributed by atoms with van der Waals surface area (Å²) in [5.74, 6) is -0.352. The van der Waals surface area contributed by atoms with E-state index in [2.05, 4.69) is 41.9 Å². The number of carbonyl (C=O) groups excluding carboxylic acids is 3.